The van der Waals surface area contributed by atoms with Crippen molar-refractivity contribution in [1.82, 2.24) is 0 Å². The number of hydrogen-bond donors (Lipinski definition) is 0. The van der Waals surface area contributed by atoms with Crippen LogP contribution in [-0.2, 0) is 15.7 Å². The van der Waals surface area contributed by atoms with Crippen LogP contribution in [0.25, 0.3) is 0 Å². The minimum absolute atomic E-state index is 0.225. The quantitative estimate of drug-likeness (QED) is 0.583. The van der Waals surface area contributed by atoms with Gasteiger partial charge in [0, 0.05) is 5.92 Å². The van der Waals surface area contributed by atoms with Crippen LogP contribution in [0, 0.1) is 5.92 Å². The van der Waals surface area contributed by atoms with E-state index in [1.54, 1.807) is 0 Å². The minimum atomic E-state index is 0.225. The van der Waals surface area contributed by atoms with Gasteiger partial charge in [0.2, 0.25) is 0 Å². The molecule has 2 heteroatoms. The maximum Gasteiger partial charge on any atom is 0.184 e. The lowest BCUT2D eigenvalue weighted by Gasteiger charge is -2.04. The van der Waals surface area contributed by atoms with E-state index in [-0.39, 0.29) is 5.92 Å². The second kappa shape index (κ2) is 5.64. The second-order valence-electron chi connectivity index (χ2n) is 2.96. The third kappa shape index (κ3) is 4.46. The van der Waals surface area contributed by atoms with Crippen LogP contribution in [0.1, 0.15) is 27.7 Å². The van der Waals surface area contributed by atoms with Gasteiger partial charge in [-0.05, 0) is 24.7 Å². The molecule has 0 aromatic carbocycles. The molecule has 0 aliphatic heterocycles. The molecule has 11 heavy (non-hydrogen) atoms. The Hall–Kier alpha value is 0.0200. The standard InChI is InChI=1S/C9H19OS/c1-5-11(6-2)7-9(10)8(3)4/h8H,5-7H2,1-4H3/q+1. The first-order chi connectivity index (χ1) is 5.11. The van der Waals surface area contributed by atoms with Gasteiger partial charge < -0.3 is 0 Å². The Morgan fingerprint density at radius 2 is 1.73 bits per heavy atom. The smallest absolute Gasteiger partial charge is 0.184 e. The molecule has 0 heterocycles. The Kier molecular flexibility index (Phi) is 5.65. The molecule has 0 amide bonds. The average Bonchev–Trinajstić information content (AvgIpc) is 1.99. The molecular formula is C9H19OS+. The average molecular weight is 175 g/mol. The number of carbonyl (C=O) groups is 1. The van der Waals surface area contributed by atoms with Gasteiger partial charge in [0.05, 0.1) is 0 Å². The number of Topliss-reactive ketones (excluding diaryl/α,β-unsaturated/α-hetero) is 1. The van der Waals surface area contributed by atoms with Crippen LogP contribution >= 0.6 is 0 Å². The zero-order valence-corrected chi connectivity index (χ0v) is 8.83. The predicted octanol–water partition coefficient (Wildman–Crippen LogP) is 1.87. The van der Waals surface area contributed by atoms with Crippen molar-refractivity contribution >= 4 is 16.7 Å². The molecule has 0 unspecified atom stereocenters. The molecule has 0 radical (unpaired) electrons. The molecule has 0 bridgehead atoms. The topological polar surface area (TPSA) is 17.1 Å². The Bertz CT molecular complexity index is 117. The Labute approximate surface area is 72.9 Å². The first-order valence-corrected chi connectivity index (χ1v) is 6.01. The summed E-state index contributed by atoms with van der Waals surface area (Å²) >= 11 is 0. The van der Waals surface area contributed by atoms with E-state index in [2.05, 4.69) is 13.8 Å². The summed E-state index contributed by atoms with van der Waals surface area (Å²) < 4.78 is 0. The molecule has 0 rings (SSSR count). The van der Waals surface area contributed by atoms with Gasteiger partial charge in [-0.15, -0.1) is 0 Å². The van der Waals surface area contributed by atoms with Crippen molar-refractivity contribution < 1.29 is 4.79 Å². The summed E-state index contributed by atoms with van der Waals surface area (Å²) in [6.45, 7) is 8.30. The van der Waals surface area contributed by atoms with E-state index in [1.807, 2.05) is 13.8 Å². The van der Waals surface area contributed by atoms with Crippen LogP contribution in [0.5, 0.6) is 0 Å². The van der Waals surface area contributed by atoms with Gasteiger partial charge in [-0.25, -0.2) is 0 Å². The second-order valence-corrected chi connectivity index (χ2v) is 5.62. The van der Waals surface area contributed by atoms with Crippen molar-refractivity contribution in [3.8, 4) is 0 Å². The molecular weight excluding hydrogens is 156 g/mol. The van der Waals surface area contributed by atoms with Gasteiger partial charge in [-0.1, -0.05) is 13.8 Å². The van der Waals surface area contributed by atoms with Crippen LogP contribution in [0.3, 0.4) is 0 Å². The molecule has 0 saturated heterocycles. The van der Waals surface area contributed by atoms with Gasteiger partial charge >= 0.3 is 0 Å². The third-order valence-corrected chi connectivity index (χ3v) is 4.13. The van der Waals surface area contributed by atoms with Crippen LogP contribution in [0.4, 0.5) is 0 Å². The molecule has 0 N–H and O–H groups in total. The van der Waals surface area contributed by atoms with E-state index >= 15 is 0 Å². The lowest BCUT2D eigenvalue weighted by molar-refractivity contribution is -0.119. The van der Waals surface area contributed by atoms with Gasteiger partial charge in [-0.2, -0.15) is 0 Å². The first-order valence-electron chi connectivity index (χ1n) is 4.28. The summed E-state index contributed by atoms with van der Waals surface area (Å²) in [6.07, 6.45) is 0. The molecule has 0 aromatic heterocycles. The fourth-order valence-corrected chi connectivity index (χ4v) is 2.33. The molecule has 0 aliphatic rings. The van der Waals surface area contributed by atoms with E-state index in [0.29, 0.717) is 16.7 Å². The Morgan fingerprint density at radius 1 is 1.27 bits per heavy atom. The molecule has 0 spiro atoms. The predicted molar refractivity (Wildman–Crippen MR) is 53.2 cm³/mol. The number of rotatable bonds is 5. The lowest BCUT2D eigenvalue weighted by Crippen LogP contribution is -2.23. The van der Waals surface area contributed by atoms with Crippen molar-refractivity contribution in [2.75, 3.05) is 17.3 Å². The Morgan fingerprint density at radius 3 is 2.00 bits per heavy atom. The first kappa shape index (κ1) is 11.0. The monoisotopic (exact) mass is 175 g/mol. The van der Waals surface area contributed by atoms with Gasteiger partial charge in [-0.3, -0.25) is 4.79 Å². The molecule has 0 saturated carbocycles. The van der Waals surface area contributed by atoms with Crippen LogP contribution in [0.15, 0.2) is 0 Å². The maximum atomic E-state index is 11.3. The highest BCUT2D eigenvalue weighted by molar-refractivity contribution is 7.97. The molecule has 0 aromatic rings. The van der Waals surface area contributed by atoms with E-state index in [4.69, 9.17) is 0 Å². The largest absolute Gasteiger partial charge is 0.294 e. The highest BCUT2D eigenvalue weighted by Gasteiger charge is 2.19. The summed E-state index contributed by atoms with van der Waals surface area (Å²) in [4.78, 5) is 11.3. The molecule has 1 nitrogen and oxygen atoms in total. The zero-order chi connectivity index (χ0) is 8.85. The van der Waals surface area contributed by atoms with Crippen molar-refractivity contribution in [2.24, 2.45) is 5.92 Å². The summed E-state index contributed by atoms with van der Waals surface area (Å²) in [5, 5.41) is 0. The highest BCUT2D eigenvalue weighted by Crippen LogP contribution is 2.02. The molecule has 0 aliphatic carbocycles. The number of ketones is 1. The third-order valence-electron chi connectivity index (χ3n) is 1.81. The van der Waals surface area contributed by atoms with E-state index in [9.17, 15) is 4.79 Å². The minimum Gasteiger partial charge on any atom is -0.294 e. The summed E-state index contributed by atoms with van der Waals surface area (Å²) in [7, 11) is 0.361. The van der Waals surface area contributed by atoms with Gasteiger partial charge in [0.1, 0.15) is 11.5 Å². The van der Waals surface area contributed by atoms with E-state index in [1.165, 1.54) is 0 Å². The van der Waals surface area contributed by atoms with Crippen LogP contribution in [-0.4, -0.2) is 23.0 Å². The summed E-state index contributed by atoms with van der Waals surface area (Å²) in [5.74, 6) is 3.79. The summed E-state index contributed by atoms with van der Waals surface area (Å²) in [6, 6.07) is 0. The van der Waals surface area contributed by atoms with E-state index < -0.39 is 0 Å². The van der Waals surface area contributed by atoms with Crippen molar-refractivity contribution in [2.45, 2.75) is 27.7 Å². The molecule has 0 atom stereocenters. The summed E-state index contributed by atoms with van der Waals surface area (Å²) in [5.41, 5.74) is 0. The van der Waals surface area contributed by atoms with Crippen LogP contribution in [0.2, 0.25) is 0 Å². The fourth-order valence-electron chi connectivity index (χ4n) is 0.776. The van der Waals surface area contributed by atoms with Gasteiger partial charge in [0.25, 0.3) is 0 Å². The van der Waals surface area contributed by atoms with E-state index in [0.717, 1.165) is 17.3 Å². The molecule has 66 valence electrons. The Balaban J connectivity index is 3.72. The van der Waals surface area contributed by atoms with Crippen molar-refractivity contribution in [3.05, 3.63) is 0 Å². The zero-order valence-electron chi connectivity index (χ0n) is 8.02. The highest BCUT2D eigenvalue weighted by atomic mass is 32.2. The normalized spacial score (nSPS) is 11.1. The van der Waals surface area contributed by atoms with Crippen LogP contribution < -0.4 is 0 Å². The van der Waals surface area contributed by atoms with Crippen molar-refractivity contribution in [1.29, 1.82) is 0 Å². The fraction of sp³-hybridized carbons (Fsp3) is 0.889. The molecule has 0 fully saturated rings. The lowest BCUT2D eigenvalue weighted by atomic mass is 10.1. The van der Waals surface area contributed by atoms with Crippen molar-refractivity contribution in [3.63, 3.8) is 0 Å². The SMILES string of the molecule is CC[S+](CC)CC(=O)C(C)C. The maximum absolute atomic E-state index is 11.3. The number of hydrogen-bond acceptors (Lipinski definition) is 1. The number of carbonyl (C=O) groups excluding carboxylic acids is 1. The van der Waals surface area contributed by atoms with Gasteiger partial charge in [0.15, 0.2) is 11.5 Å².